The number of ether oxygens (including phenoxy) is 4. The van der Waals surface area contributed by atoms with Crippen molar-refractivity contribution in [2.24, 2.45) is 0 Å². The molecule has 0 N–H and O–H groups in total. The Morgan fingerprint density at radius 1 is 0.962 bits per heavy atom. The number of para-hydroxylation sites is 1. The Kier molecular flexibility index (Phi) is 5.99. The number of hydrogen-bond donors (Lipinski definition) is 0. The van der Waals surface area contributed by atoms with Crippen LogP contribution in [0.1, 0.15) is 19.4 Å². The van der Waals surface area contributed by atoms with E-state index >= 15 is 0 Å². The lowest BCUT2D eigenvalue weighted by molar-refractivity contribution is -0.144. The van der Waals surface area contributed by atoms with Crippen LogP contribution in [0, 0.1) is 0 Å². The quantitative estimate of drug-likeness (QED) is 0.266. The number of anilines is 1. The van der Waals surface area contributed by atoms with Crippen LogP contribution in [0.15, 0.2) is 29.8 Å². The molecule has 0 fully saturated rings. The van der Waals surface area contributed by atoms with Crippen LogP contribution in [-0.4, -0.2) is 51.7 Å². The van der Waals surface area contributed by atoms with Crippen LogP contribution >= 0.6 is 0 Å². The molecule has 1 aromatic rings. The normalized spacial score (nSPS) is 15.5. The second-order valence-corrected chi connectivity index (χ2v) is 5.67. The van der Waals surface area contributed by atoms with Crippen molar-refractivity contribution in [2.45, 2.75) is 26.2 Å². The third-order valence-electron chi connectivity index (χ3n) is 3.76. The molecule has 1 atom stereocenters. The summed E-state index contributed by atoms with van der Waals surface area (Å²) in [6.07, 6.45) is -2.05. The number of carbonyl (C=O) groups is 3. The molecule has 0 radical (unpaired) electrons. The van der Waals surface area contributed by atoms with E-state index in [1.165, 1.54) is 12.0 Å². The van der Waals surface area contributed by atoms with E-state index in [0.29, 0.717) is 11.3 Å². The molecule has 0 aliphatic carbocycles. The van der Waals surface area contributed by atoms with E-state index < -0.39 is 24.3 Å². The second-order valence-electron chi connectivity index (χ2n) is 5.67. The predicted molar refractivity (Wildman–Crippen MR) is 92.3 cm³/mol. The summed E-state index contributed by atoms with van der Waals surface area (Å²) in [5, 5.41) is 0. The lowest BCUT2D eigenvalue weighted by Crippen LogP contribution is -2.41. The zero-order valence-electron chi connectivity index (χ0n) is 15.3. The molecule has 1 aliphatic rings. The van der Waals surface area contributed by atoms with Crippen LogP contribution in [-0.2, 0) is 28.5 Å². The van der Waals surface area contributed by atoms with Crippen molar-refractivity contribution in [1.82, 2.24) is 0 Å². The molecule has 1 amide bonds. The lowest BCUT2D eigenvalue weighted by atomic mass is 10.00. The minimum Gasteiger partial charge on any atom is -0.465 e. The highest BCUT2D eigenvalue weighted by Gasteiger charge is 2.44. The van der Waals surface area contributed by atoms with Gasteiger partial charge in [0.1, 0.15) is 0 Å². The molecule has 1 aliphatic heterocycles. The second kappa shape index (κ2) is 8.01. The van der Waals surface area contributed by atoms with Gasteiger partial charge in [-0.1, -0.05) is 18.2 Å². The summed E-state index contributed by atoms with van der Waals surface area (Å²) < 4.78 is 20.2. The van der Waals surface area contributed by atoms with Crippen LogP contribution in [0.25, 0.3) is 5.57 Å². The van der Waals surface area contributed by atoms with E-state index in [1.807, 2.05) is 0 Å². The van der Waals surface area contributed by atoms with Gasteiger partial charge in [0.05, 0.1) is 33.1 Å². The van der Waals surface area contributed by atoms with Gasteiger partial charge in [-0.05, 0) is 19.9 Å². The fourth-order valence-electron chi connectivity index (χ4n) is 2.74. The molecule has 0 spiro atoms. The third-order valence-corrected chi connectivity index (χ3v) is 3.76. The number of rotatable bonds is 4. The Labute approximate surface area is 151 Å². The van der Waals surface area contributed by atoms with Crippen molar-refractivity contribution in [3.63, 3.8) is 0 Å². The number of benzene rings is 1. The van der Waals surface area contributed by atoms with Gasteiger partial charge in [0.2, 0.25) is 0 Å². The average Bonchev–Trinajstić information content (AvgIpc) is 2.94. The smallest absolute Gasteiger partial charge is 0.416 e. The van der Waals surface area contributed by atoms with Crippen molar-refractivity contribution in [1.29, 1.82) is 0 Å². The van der Waals surface area contributed by atoms with Crippen molar-refractivity contribution in [3.05, 3.63) is 35.4 Å². The van der Waals surface area contributed by atoms with Gasteiger partial charge < -0.3 is 18.9 Å². The number of methoxy groups -OCH3 is 3. The van der Waals surface area contributed by atoms with Crippen LogP contribution in [0.2, 0.25) is 0 Å². The molecule has 0 bridgehead atoms. The van der Waals surface area contributed by atoms with Gasteiger partial charge in [0, 0.05) is 11.1 Å². The molecule has 1 aromatic carbocycles. The van der Waals surface area contributed by atoms with Gasteiger partial charge in [-0.3, -0.25) is 0 Å². The van der Waals surface area contributed by atoms with Crippen molar-refractivity contribution < 1.29 is 33.3 Å². The van der Waals surface area contributed by atoms with Crippen LogP contribution in [0.4, 0.5) is 10.5 Å². The first kappa shape index (κ1) is 19.5. The topological polar surface area (TPSA) is 91.4 Å². The Balaban J connectivity index is 2.82. The summed E-state index contributed by atoms with van der Waals surface area (Å²) in [5.41, 5.74) is 0.789. The van der Waals surface area contributed by atoms with Gasteiger partial charge >= 0.3 is 18.0 Å². The first-order valence-corrected chi connectivity index (χ1v) is 7.90. The lowest BCUT2D eigenvalue weighted by Gasteiger charge is -2.27. The zero-order valence-corrected chi connectivity index (χ0v) is 15.3. The highest BCUT2D eigenvalue weighted by Crippen LogP contribution is 2.43. The van der Waals surface area contributed by atoms with Crippen LogP contribution < -0.4 is 4.90 Å². The van der Waals surface area contributed by atoms with Gasteiger partial charge in [-0.15, -0.1) is 0 Å². The number of esters is 2. The highest BCUT2D eigenvalue weighted by atomic mass is 16.6. The van der Waals surface area contributed by atoms with Crippen LogP contribution in [0.5, 0.6) is 0 Å². The maximum Gasteiger partial charge on any atom is 0.416 e. The summed E-state index contributed by atoms with van der Waals surface area (Å²) in [5.74, 6) is -1.77. The van der Waals surface area contributed by atoms with Gasteiger partial charge in [0.25, 0.3) is 0 Å². The van der Waals surface area contributed by atoms with Gasteiger partial charge in [-0.25, -0.2) is 19.3 Å². The first-order chi connectivity index (χ1) is 12.4. The first-order valence-electron chi connectivity index (χ1n) is 7.90. The molecular weight excluding hydrogens is 342 g/mol. The SMILES string of the molecule is COC(=O)C(C(=O)OC)=C1c2ccccc2N(C(=O)OC)C1OC(C)C. The molecule has 0 saturated carbocycles. The molecule has 8 nitrogen and oxygen atoms in total. The molecule has 1 heterocycles. The minimum atomic E-state index is -1.05. The molecule has 0 saturated heterocycles. The Morgan fingerprint density at radius 2 is 1.54 bits per heavy atom. The molecule has 140 valence electrons. The molecule has 26 heavy (non-hydrogen) atoms. The Hall–Kier alpha value is -2.87. The molecule has 0 aromatic heterocycles. The summed E-state index contributed by atoms with van der Waals surface area (Å²) in [7, 11) is 3.55. The summed E-state index contributed by atoms with van der Waals surface area (Å²) in [6, 6.07) is 6.79. The van der Waals surface area contributed by atoms with Gasteiger partial charge in [0.15, 0.2) is 11.8 Å². The van der Waals surface area contributed by atoms with E-state index in [0.717, 1.165) is 14.2 Å². The summed E-state index contributed by atoms with van der Waals surface area (Å²) in [4.78, 5) is 38.3. The summed E-state index contributed by atoms with van der Waals surface area (Å²) in [6.45, 7) is 3.54. The summed E-state index contributed by atoms with van der Waals surface area (Å²) >= 11 is 0. The number of fused-ring (bicyclic) bond motifs is 1. The Morgan fingerprint density at radius 3 is 2.04 bits per heavy atom. The number of nitrogens with zero attached hydrogens (tertiary/aromatic N) is 1. The van der Waals surface area contributed by atoms with E-state index in [1.54, 1.807) is 38.1 Å². The van der Waals surface area contributed by atoms with Crippen molar-refractivity contribution >= 4 is 29.3 Å². The van der Waals surface area contributed by atoms with E-state index in [-0.39, 0.29) is 17.3 Å². The van der Waals surface area contributed by atoms with E-state index in [2.05, 4.69) is 0 Å². The highest BCUT2D eigenvalue weighted by molar-refractivity contribution is 6.22. The molecule has 8 heteroatoms. The zero-order chi connectivity index (χ0) is 19.4. The number of hydrogen-bond acceptors (Lipinski definition) is 7. The van der Waals surface area contributed by atoms with E-state index in [4.69, 9.17) is 18.9 Å². The maximum atomic E-state index is 12.4. The van der Waals surface area contributed by atoms with Crippen molar-refractivity contribution in [3.8, 4) is 0 Å². The maximum absolute atomic E-state index is 12.4. The fraction of sp³-hybridized carbons (Fsp3) is 0.389. The Bertz CT molecular complexity index is 736. The minimum absolute atomic E-state index is 0.193. The van der Waals surface area contributed by atoms with E-state index in [9.17, 15) is 14.4 Å². The van der Waals surface area contributed by atoms with Crippen molar-refractivity contribution in [2.75, 3.05) is 26.2 Å². The third kappa shape index (κ3) is 3.41. The largest absolute Gasteiger partial charge is 0.465 e. The number of carbonyl (C=O) groups excluding carboxylic acids is 3. The standard InChI is InChI=1S/C18H21NO7/c1-10(2)26-15-13(14(16(20)23-3)17(21)24-4)11-8-6-7-9-12(11)19(15)18(22)25-5/h6-10,15H,1-5H3. The van der Waals surface area contributed by atoms with Gasteiger partial charge in [-0.2, -0.15) is 0 Å². The monoisotopic (exact) mass is 363 g/mol. The average molecular weight is 363 g/mol. The number of amides is 1. The molecular formula is C18H21NO7. The molecule has 2 rings (SSSR count). The fourth-order valence-corrected chi connectivity index (χ4v) is 2.74. The predicted octanol–water partition coefficient (Wildman–Crippen LogP) is 2.12. The molecule has 1 unspecified atom stereocenters. The van der Waals surface area contributed by atoms with Crippen LogP contribution in [0.3, 0.4) is 0 Å².